The molecule has 0 radical (unpaired) electrons. The Kier molecular flexibility index (Phi) is 9.36. The zero-order chi connectivity index (χ0) is 19.4. The van der Waals surface area contributed by atoms with Crippen LogP contribution >= 0.6 is 7.82 Å². The highest BCUT2D eigenvalue weighted by Gasteiger charge is 2.31. The van der Waals surface area contributed by atoms with Crippen LogP contribution in [0.4, 0.5) is 0 Å². The second-order valence-electron chi connectivity index (χ2n) is 6.15. The molecule has 1 unspecified atom stereocenters. The van der Waals surface area contributed by atoms with Gasteiger partial charge in [0.05, 0.1) is 13.2 Å². The van der Waals surface area contributed by atoms with Crippen LogP contribution in [0, 0.1) is 5.92 Å². The molecule has 6 nitrogen and oxygen atoms in total. The number of phosphoric acid groups is 1. The number of hydrogen-bond acceptors (Lipinski definition) is 6. The monoisotopic (exact) mass is 394 g/mol. The van der Waals surface area contributed by atoms with Crippen molar-refractivity contribution in [1.29, 1.82) is 0 Å². The first-order valence-corrected chi connectivity index (χ1v) is 10.6. The van der Waals surface area contributed by atoms with Crippen LogP contribution in [-0.4, -0.2) is 18.5 Å². The molecule has 27 heavy (non-hydrogen) atoms. The molecule has 148 valence electrons. The van der Waals surface area contributed by atoms with Crippen LogP contribution in [0.25, 0.3) is 0 Å². The molecule has 2 aromatic carbocycles. The molecule has 0 saturated carbocycles. The first kappa shape index (κ1) is 21.5. The van der Waals surface area contributed by atoms with Crippen molar-refractivity contribution in [2.75, 3.05) is 13.2 Å². The van der Waals surface area contributed by atoms with Crippen LogP contribution in [0.2, 0.25) is 0 Å². The van der Waals surface area contributed by atoms with Gasteiger partial charge in [0, 0.05) is 0 Å². The third-order valence-corrected chi connectivity index (χ3v) is 5.40. The van der Waals surface area contributed by atoms with Crippen molar-refractivity contribution in [3.63, 3.8) is 0 Å². The van der Waals surface area contributed by atoms with E-state index >= 15 is 0 Å². The number of benzene rings is 2. The van der Waals surface area contributed by atoms with E-state index < -0.39 is 7.82 Å². The minimum atomic E-state index is -3.84. The summed E-state index contributed by atoms with van der Waals surface area (Å²) in [6, 6.07) is 17.7. The van der Waals surface area contributed by atoms with Crippen LogP contribution in [0.5, 0.6) is 11.5 Å². The minimum absolute atomic E-state index is 0.204. The van der Waals surface area contributed by atoms with E-state index in [-0.39, 0.29) is 12.5 Å². The van der Waals surface area contributed by atoms with Gasteiger partial charge in [-0.2, -0.15) is 0 Å². The molecule has 0 saturated heterocycles. The van der Waals surface area contributed by atoms with Crippen molar-refractivity contribution in [3.8, 4) is 11.5 Å². The van der Waals surface area contributed by atoms with E-state index in [2.05, 4.69) is 11.8 Å². The fraction of sp³-hybridized carbons (Fsp3) is 0.400. The second kappa shape index (κ2) is 11.8. The molecule has 0 amide bonds. The number of phosphoric ester groups is 1. The Morgan fingerprint density at radius 1 is 0.926 bits per heavy atom. The van der Waals surface area contributed by atoms with Crippen molar-refractivity contribution in [2.45, 2.75) is 32.6 Å². The minimum Gasteiger partial charge on any atom is -0.395 e. The highest BCUT2D eigenvalue weighted by atomic mass is 31.2. The molecule has 0 aromatic heterocycles. The average molecular weight is 394 g/mol. The number of para-hydroxylation sites is 2. The Morgan fingerprint density at radius 3 is 1.96 bits per heavy atom. The summed E-state index contributed by atoms with van der Waals surface area (Å²) in [6.07, 6.45) is 3.38. The summed E-state index contributed by atoms with van der Waals surface area (Å²) in [7, 11) is -3.84. The van der Waals surface area contributed by atoms with Gasteiger partial charge in [0.2, 0.25) is 0 Å². The molecule has 7 heteroatoms. The Hall–Kier alpha value is -1.85. The van der Waals surface area contributed by atoms with Gasteiger partial charge in [-0.05, 0) is 43.0 Å². The number of unbranched alkanes of at least 4 members (excludes halogenated alkanes) is 1. The van der Waals surface area contributed by atoms with Crippen LogP contribution in [-0.2, 0) is 14.0 Å². The lowest BCUT2D eigenvalue weighted by molar-refractivity contribution is -0.242. The lowest BCUT2D eigenvalue weighted by Crippen LogP contribution is -2.12. The molecule has 0 aliphatic heterocycles. The third kappa shape index (κ3) is 8.14. The van der Waals surface area contributed by atoms with E-state index in [4.69, 9.17) is 18.8 Å². The molecule has 0 aliphatic rings. The maximum absolute atomic E-state index is 13.2. The van der Waals surface area contributed by atoms with Crippen LogP contribution in [0.3, 0.4) is 0 Å². The van der Waals surface area contributed by atoms with Gasteiger partial charge in [0.15, 0.2) is 0 Å². The van der Waals surface area contributed by atoms with Crippen LogP contribution in [0.1, 0.15) is 32.6 Å². The molecule has 0 spiro atoms. The molecular weight excluding hydrogens is 367 g/mol. The molecule has 1 N–H and O–H groups in total. The van der Waals surface area contributed by atoms with Crippen molar-refractivity contribution >= 4 is 7.82 Å². The van der Waals surface area contributed by atoms with Gasteiger partial charge in [0.25, 0.3) is 0 Å². The predicted octanol–water partition coefficient (Wildman–Crippen LogP) is 5.96. The number of rotatable bonds is 13. The predicted molar refractivity (Wildman–Crippen MR) is 104 cm³/mol. The summed E-state index contributed by atoms with van der Waals surface area (Å²) >= 11 is 0. The van der Waals surface area contributed by atoms with Gasteiger partial charge in [-0.3, -0.25) is 9.78 Å². The smallest absolute Gasteiger partial charge is 0.395 e. The zero-order valence-electron chi connectivity index (χ0n) is 15.5. The molecule has 2 aromatic rings. The Labute approximate surface area is 160 Å². The standard InChI is InChI=1S/C20H27O6P/c1-2-18(11-9-10-16-23-21)17-24-27(22,25-19-12-5-3-6-13-19)26-20-14-7-4-8-15-20/h3-8,12-15,18,21H,2,9-11,16-17H2,1H3. The van der Waals surface area contributed by atoms with Crippen molar-refractivity contribution in [1.82, 2.24) is 0 Å². The SMILES string of the molecule is CCC(CCCCOO)COP(=O)(Oc1ccccc1)Oc1ccccc1. The molecule has 0 aliphatic carbocycles. The van der Waals surface area contributed by atoms with Crippen LogP contribution < -0.4 is 9.05 Å². The van der Waals surface area contributed by atoms with E-state index in [0.717, 1.165) is 25.7 Å². The topological polar surface area (TPSA) is 74.2 Å². The van der Waals surface area contributed by atoms with Crippen molar-refractivity contribution in [2.24, 2.45) is 5.92 Å². The van der Waals surface area contributed by atoms with Gasteiger partial charge in [0.1, 0.15) is 11.5 Å². The van der Waals surface area contributed by atoms with E-state index in [1.165, 1.54) is 0 Å². The fourth-order valence-corrected chi connectivity index (χ4v) is 3.79. The summed E-state index contributed by atoms with van der Waals surface area (Å²) in [5, 5.41) is 8.38. The second-order valence-corrected chi connectivity index (χ2v) is 7.67. The summed E-state index contributed by atoms with van der Waals surface area (Å²) in [6.45, 7) is 2.62. The number of hydrogen-bond donors (Lipinski definition) is 1. The molecule has 0 fully saturated rings. The van der Waals surface area contributed by atoms with Gasteiger partial charge in [-0.15, -0.1) is 0 Å². The fourth-order valence-electron chi connectivity index (χ4n) is 2.49. The lowest BCUT2D eigenvalue weighted by Gasteiger charge is -2.22. The summed E-state index contributed by atoms with van der Waals surface area (Å²) in [5.74, 6) is 1.05. The largest absolute Gasteiger partial charge is 0.587 e. The van der Waals surface area contributed by atoms with E-state index in [1.54, 1.807) is 48.5 Å². The highest BCUT2D eigenvalue weighted by molar-refractivity contribution is 7.49. The highest BCUT2D eigenvalue weighted by Crippen LogP contribution is 2.50. The molecule has 2 rings (SSSR count). The van der Waals surface area contributed by atoms with Gasteiger partial charge >= 0.3 is 7.82 Å². The Balaban J connectivity index is 2.01. The van der Waals surface area contributed by atoms with E-state index in [9.17, 15) is 4.57 Å². The van der Waals surface area contributed by atoms with E-state index in [1.807, 2.05) is 12.1 Å². The first-order valence-electron chi connectivity index (χ1n) is 9.15. The molecular formula is C20H27O6P. The summed E-state index contributed by atoms with van der Waals surface area (Å²) in [4.78, 5) is 4.09. The average Bonchev–Trinajstić information content (AvgIpc) is 2.69. The summed E-state index contributed by atoms with van der Waals surface area (Å²) in [5.41, 5.74) is 0. The maximum atomic E-state index is 13.2. The van der Waals surface area contributed by atoms with Crippen LogP contribution in [0.15, 0.2) is 60.7 Å². The van der Waals surface area contributed by atoms with Gasteiger partial charge in [-0.1, -0.05) is 56.2 Å². The van der Waals surface area contributed by atoms with Gasteiger partial charge in [-0.25, -0.2) is 9.45 Å². The molecule has 0 heterocycles. The van der Waals surface area contributed by atoms with Gasteiger partial charge < -0.3 is 9.05 Å². The molecule has 1 atom stereocenters. The normalized spacial score (nSPS) is 12.5. The maximum Gasteiger partial charge on any atom is 0.587 e. The Bertz CT molecular complexity index is 634. The molecule has 0 bridgehead atoms. The third-order valence-electron chi connectivity index (χ3n) is 4.06. The quantitative estimate of drug-likeness (QED) is 0.196. The van der Waals surface area contributed by atoms with E-state index in [0.29, 0.717) is 18.1 Å². The Morgan fingerprint density at radius 2 is 1.48 bits per heavy atom. The summed E-state index contributed by atoms with van der Waals surface area (Å²) < 4.78 is 30.1. The zero-order valence-corrected chi connectivity index (χ0v) is 16.4. The van der Waals surface area contributed by atoms with Crippen molar-refractivity contribution < 1.29 is 28.3 Å². The lowest BCUT2D eigenvalue weighted by atomic mass is 10.0. The van der Waals surface area contributed by atoms with Crippen molar-refractivity contribution in [3.05, 3.63) is 60.7 Å². The first-order chi connectivity index (χ1) is 13.1.